The Bertz CT molecular complexity index is 321. The molecule has 1 heterocycles. The number of carbonyl (C=O) groups excluding carboxylic acids is 1. The molecule has 1 aliphatic carbocycles. The van der Waals surface area contributed by atoms with Crippen molar-refractivity contribution in [3.8, 4) is 0 Å². The number of rotatable bonds is 1. The van der Waals surface area contributed by atoms with E-state index in [-0.39, 0.29) is 11.4 Å². The minimum absolute atomic E-state index is 0.0545. The molecule has 0 atom stereocenters. The van der Waals surface area contributed by atoms with E-state index in [9.17, 15) is 4.79 Å². The van der Waals surface area contributed by atoms with E-state index >= 15 is 0 Å². The number of nitrogens with two attached hydrogens (primary N) is 1. The van der Waals surface area contributed by atoms with Crippen LogP contribution in [0.1, 0.15) is 46.0 Å². The van der Waals surface area contributed by atoms with Crippen LogP contribution in [0.15, 0.2) is 0 Å². The zero-order chi connectivity index (χ0) is 13.4. The summed E-state index contributed by atoms with van der Waals surface area (Å²) < 4.78 is 0. The van der Waals surface area contributed by atoms with Gasteiger partial charge in [0.15, 0.2) is 0 Å². The second-order valence-corrected chi connectivity index (χ2v) is 6.68. The van der Waals surface area contributed by atoms with Gasteiger partial charge in [0.25, 0.3) is 0 Å². The van der Waals surface area contributed by atoms with E-state index in [1.807, 2.05) is 4.90 Å². The van der Waals surface area contributed by atoms with Gasteiger partial charge in [-0.2, -0.15) is 0 Å². The zero-order valence-electron chi connectivity index (χ0n) is 12.0. The van der Waals surface area contributed by atoms with Gasteiger partial charge in [-0.15, -0.1) is 0 Å². The quantitative estimate of drug-likeness (QED) is 0.764. The van der Waals surface area contributed by atoms with Gasteiger partial charge < -0.3 is 10.6 Å². The molecule has 1 saturated carbocycles. The van der Waals surface area contributed by atoms with E-state index in [0.29, 0.717) is 0 Å². The summed E-state index contributed by atoms with van der Waals surface area (Å²) in [5.41, 5.74) is 5.83. The minimum Gasteiger partial charge on any atom is -0.338 e. The number of carbonyl (C=O) groups is 1. The molecule has 0 bridgehead atoms. The molecule has 2 aliphatic rings. The van der Waals surface area contributed by atoms with Crippen LogP contribution in [-0.2, 0) is 4.79 Å². The summed E-state index contributed by atoms with van der Waals surface area (Å²) in [5, 5.41) is 0. The number of amides is 1. The summed E-state index contributed by atoms with van der Waals surface area (Å²) >= 11 is 0. The van der Waals surface area contributed by atoms with Crippen LogP contribution in [0.5, 0.6) is 0 Å². The maximum Gasteiger partial charge on any atom is 0.242 e. The Kier molecular flexibility index (Phi) is 3.70. The predicted molar refractivity (Wildman–Crippen MR) is 73.3 cm³/mol. The van der Waals surface area contributed by atoms with Crippen LogP contribution in [0.4, 0.5) is 0 Å². The average Bonchev–Trinajstić information content (AvgIpc) is 2.32. The van der Waals surface area contributed by atoms with Crippen molar-refractivity contribution in [2.24, 2.45) is 5.73 Å². The first-order valence-electron chi connectivity index (χ1n) is 7.15. The van der Waals surface area contributed by atoms with E-state index in [1.165, 1.54) is 6.42 Å². The highest BCUT2D eigenvalue weighted by molar-refractivity contribution is 5.86. The molecule has 2 rings (SSSR count). The van der Waals surface area contributed by atoms with Gasteiger partial charge in [0, 0.05) is 25.2 Å². The highest BCUT2D eigenvalue weighted by Crippen LogP contribution is 2.29. The highest BCUT2D eigenvalue weighted by atomic mass is 16.2. The van der Waals surface area contributed by atoms with Crippen molar-refractivity contribution in [1.82, 2.24) is 9.80 Å². The summed E-state index contributed by atoms with van der Waals surface area (Å²) in [5.74, 6) is 0.184. The lowest BCUT2D eigenvalue weighted by Gasteiger charge is -2.47. The summed E-state index contributed by atoms with van der Waals surface area (Å²) in [6.45, 7) is 6.93. The molecule has 1 saturated heterocycles. The van der Waals surface area contributed by atoms with Crippen molar-refractivity contribution in [1.29, 1.82) is 0 Å². The van der Waals surface area contributed by atoms with Gasteiger partial charge in [-0.05, 0) is 33.7 Å². The monoisotopic (exact) mass is 253 g/mol. The van der Waals surface area contributed by atoms with E-state index in [1.54, 1.807) is 0 Å². The van der Waals surface area contributed by atoms with Crippen molar-refractivity contribution in [2.75, 3.05) is 26.7 Å². The predicted octanol–water partition coefficient (Wildman–Crippen LogP) is 1.20. The molecule has 1 aliphatic heterocycles. The fraction of sp³-hybridized carbons (Fsp3) is 0.929. The minimum atomic E-state index is -0.579. The van der Waals surface area contributed by atoms with Gasteiger partial charge >= 0.3 is 0 Å². The second-order valence-electron chi connectivity index (χ2n) is 6.68. The fourth-order valence-electron chi connectivity index (χ4n) is 3.13. The Balaban J connectivity index is 2.05. The SMILES string of the molecule is CN1CCN(C(=O)C2(N)CCCCC2)CC1(C)C. The summed E-state index contributed by atoms with van der Waals surface area (Å²) in [6.07, 6.45) is 5.14. The van der Waals surface area contributed by atoms with Crippen LogP contribution in [0.3, 0.4) is 0 Å². The third-order valence-corrected chi connectivity index (χ3v) is 4.78. The summed E-state index contributed by atoms with van der Waals surface area (Å²) in [6, 6.07) is 0. The van der Waals surface area contributed by atoms with Gasteiger partial charge in [0.05, 0.1) is 5.54 Å². The molecule has 2 N–H and O–H groups in total. The van der Waals surface area contributed by atoms with Crippen LogP contribution in [-0.4, -0.2) is 53.5 Å². The molecular formula is C14H27N3O. The van der Waals surface area contributed by atoms with Crippen LogP contribution in [0, 0.1) is 0 Å². The van der Waals surface area contributed by atoms with Crippen molar-refractivity contribution >= 4 is 5.91 Å². The Hall–Kier alpha value is -0.610. The lowest BCUT2D eigenvalue weighted by atomic mass is 9.81. The molecule has 0 unspecified atom stereocenters. The molecular weight excluding hydrogens is 226 g/mol. The van der Waals surface area contributed by atoms with Gasteiger partial charge in [0.2, 0.25) is 5.91 Å². The molecule has 0 aromatic carbocycles. The zero-order valence-corrected chi connectivity index (χ0v) is 12.0. The van der Waals surface area contributed by atoms with Gasteiger partial charge in [-0.3, -0.25) is 9.69 Å². The molecule has 0 aromatic heterocycles. The first kappa shape index (κ1) is 13.8. The maximum atomic E-state index is 12.7. The highest BCUT2D eigenvalue weighted by Gasteiger charge is 2.42. The van der Waals surface area contributed by atoms with Crippen molar-refractivity contribution < 1.29 is 4.79 Å². The van der Waals surface area contributed by atoms with E-state index in [2.05, 4.69) is 25.8 Å². The summed E-state index contributed by atoms with van der Waals surface area (Å²) in [7, 11) is 2.13. The molecule has 0 radical (unpaired) electrons. The largest absolute Gasteiger partial charge is 0.338 e. The fourth-order valence-corrected chi connectivity index (χ4v) is 3.13. The van der Waals surface area contributed by atoms with Crippen LogP contribution in [0.25, 0.3) is 0 Å². The molecule has 1 amide bonds. The molecule has 4 heteroatoms. The third-order valence-electron chi connectivity index (χ3n) is 4.78. The lowest BCUT2D eigenvalue weighted by Crippen LogP contribution is -2.64. The third kappa shape index (κ3) is 2.54. The number of likely N-dealkylation sites (N-methyl/N-ethyl adjacent to an activating group) is 1. The average molecular weight is 253 g/mol. The van der Waals surface area contributed by atoms with Crippen molar-refractivity contribution in [3.05, 3.63) is 0 Å². The topological polar surface area (TPSA) is 49.6 Å². The Morgan fingerprint density at radius 1 is 1.11 bits per heavy atom. The number of hydrogen-bond acceptors (Lipinski definition) is 3. The molecule has 104 valence electrons. The van der Waals surface area contributed by atoms with E-state index in [0.717, 1.165) is 45.3 Å². The Labute approximate surface area is 110 Å². The first-order valence-corrected chi connectivity index (χ1v) is 7.15. The Morgan fingerprint density at radius 3 is 2.28 bits per heavy atom. The number of nitrogens with zero attached hydrogens (tertiary/aromatic N) is 2. The second kappa shape index (κ2) is 4.82. The molecule has 2 fully saturated rings. The van der Waals surface area contributed by atoms with Crippen molar-refractivity contribution in [3.63, 3.8) is 0 Å². The van der Waals surface area contributed by atoms with Crippen LogP contribution < -0.4 is 5.73 Å². The standard InChI is InChI=1S/C14H27N3O/c1-13(2)11-17(10-9-16(13)3)12(18)14(15)7-5-4-6-8-14/h4-11,15H2,1-3H3. The van der Waals surface area contributed by atoms with Gasteiger partial charge in [-0.25, -0.2) is 0 Å². The normalized spacial score (nSPS) is 28.1. The Morgan fingerprint density at radius 2 is 1.72 bits per heavy atom. The summed E-state index contributed by atoms with van der Waals surface area (Å²) in [4.78, 5) is 17.0. The van der Waals surface area contributed by atoms with Crippen LogP contribution in [0.2, 0.25) is 0 Å². The smallest absolute Gasteiger partial charge is 0.242 e. The molecule has 0 aromatic rings. The molecule has 18 heavy (non-hydrogen) atoms. The van der Waals surface area contributed by atoms with Gasteiger partial charge in [0.1, 0.15) is 0 Å². The number of piperazine rings is 1. The van der Waals surface area contributed by atoms with E-state index < -0.39 is 5.54 Å². The van der Waals surface area contributed by atoms with Crippen molar-refractivity contribution in [2.45, 2.75) is 57.0 Å². The lowest BCUT2D eigenvalue weighted by molar-refractivity contribution is -0.142. The maximum absolute atomic E-state index is 12.7. The number of hydrogen-bond donors (Lipinski definition) is 1. The van der Waals surface area contributed by atoms with Gasteiger partial charge in [-0.1, -0.05) is 19.3 Å². The first-order chi connectivity index (χ1) is 8.35. The molecule has 4 nitrogen and oxygen atoms in total. The molecule has 0 spiro atoms. The van der Waals surface area contributed by atoms with E-state index in [4.69, 9.17) is 5.73 Å². The van der Waals surface area contributed by atoms with Crippen LogP contribution >= 0.6 is 0 Å².